The van der Waals surface area contributed by atoms with Crippen LogP contribution in [-0.2, 0) is 6.42 Å². The van der Waals surface area contributed by atoms with Gasteiger partial charge >= 0.3 is 0 Å². The van der Waals surface area contributed by atoms with Gasteiger partial charge in [0.25, 0.3) is 0 Å². The highest BCUT2D eigenvalue weighted by Crippen LogP contribution is 2.38. The molecule has 0 aromatic heterocycles. The third kappa shape index (κ3) is 3.29. The van der Waals surface area contributed by atoms with Crippen LogP contribution in [0.2, 0.25) is 0 Å². The van der Waals surface area contributed by atoms with Crippen molar-refractivity contribution in [2.75, 3.05) is 0 Å². The van der Waals surface area contributed by atoms with Crippen LogP contribution in [0.15, 0.2) is 24.3 Å². The fourth-order valence-electron chi connectivity index (χ4n) is 2.59. The highest BCUT2D eigenvalue weighted by Gasteiger charge is 2.24. The molecule has 0 amide bonds. The Morgan fingerprint density at radius 3 is 2.44 bits per heavy atom. The van der Waals surface area contributed by atoms with Crippen molar-refractivity contribution in [2.24, 2.45) is 5.41 Å². The molecule has 1 atom stereocenters. The van der Waals surface area contributed by atoms with Crippen LogP contribution < -0.4 is 0 Å². The molecule has 0 heterocycles. The van der Waals surface area contributed by atoms with Crippen molar-refractivity contribution in [3.63, 3.8) is 0 Å². The lowest BCUT2D eigenvalue weighted by Crippen LogP contribution is -2.21. The summed E-state index contributed by atoms with van der Waals surface area (Å²) < 4.78 is 0. The maximum absolute atomic E-state index is 6.49. The van der Waals surface area contributed by atoms with E-state index in [-0.39, 0.29) is 10.8 Å². The molecule has 0 spiro atoms. The van der Waals surface area contributed by atoms with Gasteiger partial charge in [-0.3, -0.25) is 0 Å². The quantitative estimate of drug-likeness (QED) is 0.627. The first kappa shape index (κ1) is 13.9. The Kier molecular flexibility index (Phi) is 4.37. The molecular formula is C17H25Cl. The van der Waals surface area contributed by atoms with E-state index in [1.54, 1.807) is 5.56 Å². The highest BCUT2D eigenvalue weighted by atomic mass is 35.5. The van der Waals surface area contributed by atoms with Gasteiger partial charge in [-0.05, 0) is 48.1 Å². The van der Waals surface area contributed by atoms with Gasteiger partial charge in [-0.15, -0.1) is 11.6 Å². The highest BCUT2D eigenvalue weighted by molar-refractivity contribution is 6.21. The topological polar surface area (TPSA) is 0 Å². The first-order valence-electron chi connectivity index (χ1n) is 7.20. The molecule has 1 aromatic carbocycles. The first-order valence-corrected chi connectivity index (χ1v) is 7.64. The summed E-state index contributed by atoms with van der Waals surface area (Å²) >= 11 is 6.49. The average molecular weight is 265 g/mol. The monoisotopic (exact) mass is 264 g/mol. The van der Waals surface area contributed by atoms with Gasteiger partial charge in [-0.25, -0.2) is 0 Å². The molecule has 1 aliphatic carbocycles. The molecule has 0 radical (unpaired) electrons. The first-order chi connectivity index (χ1) is 8.48. The Labute approximate surface area is 117 Å². The maximum Gasteiger partial charge on any atom is 0.0387 e. The number of hydrogen-bond donors (Lipinski definition) is 0. The number of benzene rings is 1. The summed E-state index contributed by atoms with van der Waals surface area (Å²) in [5, 5.41) is 0.256. The van der Waals surface area contributed by atoms with E-state index >= 15 is 0 Å². The minimum Gasteiger partial charge on any atom is -0.122 e. The zero-order valence-corrected chi connectivity index (χ0v) is 12.6. The lowest BCUT2D eigenvalue weighted by molar-refractivity contribution is 0.372. The molecule has 0 aliphatic heterocycles. The molecule has 1 saturated carbocycles. The molecule has 0 nitrogen and oxygen atoms in total. The van der Waals surface area contributed by atoms with Crippen LogP contribution in [0, 0.1) is 5.41 Å². The predicted molar refractivity (Wildman–Crippen MR) is 80.5 cm³/mol. The van der Waals surface area contributed by atoms with E-state index in [9.17, 15) is 0 Å². The number of aryl methyl sites for hydroxylation is 1. The van der Waals surface area contributed by atoms with Crippen molar-refractivity contribution in [2.45, 2.75) is 64.2 Å². The van der Waals surface area contributed by atoms with Gasteiger partial charge in [-0.2, -0.15) is 0 Å². The van der Waals surface area contributed by atoms with Crippen LogP contribution in [0.4, 0.5) is 0 Å². The standard InChI is InChI=1S/C17H25Cl/c1-17(2,3)16(18)12-11-14-7-4-5-10-15(14)13-8-6-9-13/h4-5,7,10,13,16H,6,8-9,11-12H2,1-3H3. The van der Waals surface area contributed by atoms with Crippen molar-refractivity contribution in [3.05, 3.63) is 35.4 Å². The summed E-state index contributed by atoms with van der Waals surface area (Å²) in [7, 11) is 0. The number of rotatable bonds is 4. The largest absolute Gasteiger partial charge is 0.122 e. The van der Waals surface area contributed by atoms with E-state index in [0.717, 1.165) is 18.8 Å². The zero-order chi connectivity index (χ0) is 13.2. The minimum atomic E-state index is 0.201. The molecule has 1 heteroatoms. The summed E-state index contributed by atoms with van der Waals surface area (Å²) in [5.74, 6) is 0.824. The molecule has 18 heavy (non-hydrogen) atoms. The van der Waals surface area contributed by atoms with Crippen molar-refractivity contribution < 1.29 is 0 Å². The predicted octanol–water partition coefficient (Wildman–Crippen LogP) is 5.54. The fourth-order valence-corrected chi connectivity index (χ4v) is 2.70. The maximum atomic E-state index is 6.49. The Hall–Kier alpha value is -0.490. The fraction of sp³-hybridized carbons (Fsp3) is 0.647. The zero-order valence-electron chi connectivity index (χ0n) is 11.9. The summed E-state index contributed by atoms with van der Waals surface area (Å²) in [6.45, 7) is 6.67. The second kappa shape index (κ2) is 5.65. The molecule has 0 bridgehead atoms. The SMILES string of the molecule is CC(C)(C)C(Cl)CCc1ccccc1C1CCC1. The van der Waals surface area contributed by atoms with Crippen LogP contribution in [0.1, 0.15) is 63.5 Å². The third-order valence-electron chi connectivity index (χ3n) is 4.21. The van der Waals surface area contributed by atoms with Gasteiger partial charge in [0.05, 0.1) is 0 Å². The van der Waals surface area contributed by atoms with Gasteiger partial charge in [0.1, 0.15) is 0 Å². The van der Waals surface area contributed by atoms with Gasteiger partial charge < -0.3 is 0 Å². The summed E-state index contributed by atoms with van der Waals surface area (Å²) in [6, 6.07) is 8.95. The van der Waals surface area contributed by atoms with E-state index in [1.807, 2.05) is 0 Å². The number of alkyl halides is 1. The second-order valence-electron chi connectivity index (χ2n) is 6.70. The molecule has 1 unspecified atom stereocenters. The molecule has 100 valence electrons. The van der Waals surface area contributed by atoms with Crippen LogP contribution >= 0.6 is 11.6 Å². The molecule has 0 N–H and O–H groups in total. The molecule has 1 aromatic rings. The van der Waals surface area contributed by atoms with E-state index in [2.05, 4.69) is 45.0 Å². The van der Waals surface area contributed by atoms with Gasteiger partial charge in [0.15, 0.2) is 0 Å². The van der Waals surface area contributed by atoms with Crippen LogP contribution in [-0.4, -0.2) is 5.38 Å². The van der Waals surface area contributed by atoms with Crippen molar-refractivity contribution in [3.8, 4) is 0 Å². The summed E-state index contributed by atoms with van der Waals surface area (Å²) in [5.41, 5.74) is 3.31. The van der Waals surface area contributed by atoms with E-state index in [0.29, 0.717) is 0 Å². The van der Waals surface area contributed by atoms with E-state index < -0.39 is 0 Å². The molecule has 2 rings (SSSR count). The summed E-state index contributed by atoms with van der Waals surface area (Å²) in [4.78, 5) is 0. The molecule has 0 saturated heterocycles. The van der Waals surface area contributed by atoms with Crippen molar-refractivity contribution >= 4 is 11.6 Å². The normalized spacial score (nSPS) is 18.4. The van der Waals surface area contributed by atoms with E-state index in [4.69, 9.17) is 11.6 Å². The molecular weight excluding hydrogens is 240 g/mol. The van der Waals surface area contributed by atoms with Crippen LogP contribution in [0.25, 0.3) is 0 Å². The lowest BCUT2D eigenvalue weighted by Gasteiger charge is -2.29. The molecule has 1 fully saturated rings. The smallest absolute Gasteiger partial charge is 0.0387 e. The van der Waals surface area contributed by atoms with Crippen LogP contribution in [0.5, 0.6) is 0 Å². The van der Waals surface area contributed by atoms with Crippen LogP contribution in [0.3, 0.4) is 0 Å². The summed E-state index contributed by atoms with van der Waals surface area (Å²) in [6.07, 6.45) is 6.35. The van der Waals surface area contributed by atoms with Gasteiger partial charge in [-0.1, -0.05) is 51.5 Å². The Balaban J connectivity index is 2.00. The average Bonchev–Trinajstić information content (AvgIpc) is 2.24. The van der Waals surface area contributed by atoms with Gasteiger partial charge in [0.2, 0.25) is 0 Å². The van der Waals surface area contributed by atoms with E-state index in [1.165, 1.54) is 24.8 Å². The number of hydrogen-bond acceptors (Lipinski definition) is 0. The van der Waals surface area contributed by atoms with Crippen molar-refractivity contribution in [1.29, 1.82) is 0 Å². The second-order valence-corrected chi connectivity index (χ2v) is 7.23. The lowest BCUT2D eigenvalue weighted by atomic mass is 9.77. The Bertz CT molecular complexity index is 385. The Morgan fingerprint density at radius 1 is 1.22 bits per heavy atom. The number of halogens is 1. The Morgan fingerprint density at radius 2 is 1.89 bits per heavy atom. The third-order valence-corrected chi connectivity index (χ3v) is 5.08. The van der Waals surface area contributed by atoms with Crippen molar-refractivity contribution in [1.82, 2.24) is 0 Å². The minimum absolute atomic E-state index is 0.201. The van der Waals surface area contributed by atoms with Gasteiger partial charge in [0, 0.05) is 5.38 Å². The molecule has 1 aliphatic rings.